The van der Waals surface area contributed by atoms with Crippen LogP contribution in [0, 0.1) is 33.8 Å². The Morgan fingerprint density at radius 3 is 2.77 bits per heavy atom. The Bertz CT molecular complexity index is 1070. The molecule has 0 N–H and O–H groups in total. The number of benzene rings is 1. The summed E-state index contributed by atoms with van der Waals surface area (Å²) in [5.41, 5.74) is 0.0599. The van der Waals surface area contributed by atoms with Crippen LogP contribution in [0.25, 0.3) is 0 Å². The van der Waals surface area contributed by atoms with E-state index in [9.17, 15) is 13.6 Å². The number of ether oxygens (including phenoxy) is 1. The third kappa shape index (κ3) is 2.76. The van der Waals surface area contributed by atoms with Crippen LogP contribution >= 0.6 is 0 Å². The zero-order valence-electron chi connectivity index (χ0n) is 16.0. The molecule has 4 aliphatic rings. The molecule has 6 rings (SSSR count). The number of halogens is 2. The first-order valence-corrected chi connectivity index (χ1v) is 9.74. The van der Waals surface area contributed by atoms with Crippen LogP contribution in [0.1, 0.15) is 42.9 Å². The Labute approximate surface area is 171 Å². The first-order chi connectivity index (χ1) is 14.5. The molecular weight excluding hydrogens is 390 g/mol. The quantitative estimate of drug-likeness (QED) is 0.755. The lowest BCUT2D eigenvalue weighted by Crippen LogP contribution is -2.69. The molecule has 3 saturated carbocycles. The van der Waals surface area contributed by atoms with Gasteiger partial charge in [0.25, 0.3) is 0 Å². The van der Waals surface area contributed by atoms with Gasteiger partial charge in [0.15, 0.2) is 11.6 Å². The van der Waals surface area contributed by atoms with E-state index in [0.29, 0.717) is 43.7 Å². The first kappa shape index (κ1) is 18.7. The molecule has 152 valence electrons. The molecule has 1 aliphatic heterocycles. The van der Waals surface area contributed by atoms with Crippen molar-refractivity contribution in [2.45, 2.75) is 31.7 Å². The van der Waals surface area contributed by atoms with Crippen LogP contribution in [0.3, 0.4) is 0 Å². The van der Waals surface area contributed by atoms with Crippen molar-refractivity contribution in [1.82, 2.24) is 9.99 Å². The molecule has 0 radical (unpaired) electrons. The lowest BCUT2D eigenvalue weighted by Gasteiger charge is -2.69. The van der Waals surface area contributed by atoms with Crippen LogP contribution in [-0.4, -0.2) is 28.7 Å². The number of amides is 1. The number of rotatable bonds is 5. The number of carbonyl (C=O) groups is 1. The topological polar surface area (TPSA) is 78.6 Å². The van der Waals surface area contributed by atoms with Crippen molar-refractivity contribution < 1.29 is 18.3 Å². The summed E-state index contributed by atoms with van der Waals surface area (Å²) < 4.78 is 33.7. The van der Waals surface area contributed by atoms with Crippen molar-refractivity contribution in [3.05, 3.63) is 59.3 Å². The maximum absolute atomic E-state index is 14.3. The molecule has 1 amide bonds. The predicted molar refractivity (Wildman–Crippen MR) is 102 cm³/mol. The van der Waals surface area contributed by atoms with Gasteiger partial charge in [-0.2, -0.15) is 10.4 Å². The number of aromatic nitrogens is 1. The zero-order chi connectivity index (χ0) is 20.9. The van der Waals surface area contributed by atoms with Gasteiger partial charge in [0.2, 0.25) is 11.8 Å². The van der Waals surface area contributed by atoms with E-state index in [1.807, 2.05) is 6.07 Å². The highest BCUT2D eigenvalue weighted by Crippen LogP contribution is 2.74. The van der Waals surface area contributed by atoms with Crippen molar-refractivity contribution in [2.75, 3.05) is 6.61 Å². The summed E-state index contributed by atoms with van der Waals surface area (Å²) in [5.74, 6) is -1.54. The lowest BCUT2D eigenvalue weighted by atomic mass is 9.35. The maximum atomic E-state index is 14.3. The van der Waals surface area contributed by atoms with Crippen molar-refractivity contribution in [2.24, 2.45) is 15.9 Å². The summed E-state index contributed by atoms with van der Waals surface area (Å²) in [6.45, 7) is 0.451. The molecule has 1 aromatic carbocycles. The van der Waals surface area contributed by atoms with E-state index in [4.69, 9.17) is 10.00 Å². The minimum Gasteiger partial charge on any atom is -0.477 e. The second-order valence-corrected chi connectivity index (χ2v) is 8.44. The fourth-order valence-corrected chi connectivity index (χ4v) is 5.03. The molecule has 30 heavy (non-hydrogen) atoms. The van der Waals surface area contributed by atoms with Crippen LogP contribution in [0.4, 0.5) is 8.78 Å². The monoisotopic (exact) mass is 408 g/mol. The fraction of sp³-hybridized carbons (Fsp3) is 0.364. The molecule has 2 bridgehead atoms. The van der Waals surface area contributed by atoms with Crippen molar-refractivity contribution >= 4 is 12.1 Å². The number of carbonyl (C=O) groups excluding carboxylic acids is 1. The van der Waals surface area contributed by atoms with Crippen LogP contribution in [0.5, 0.6) is 5.88 Å². The molecule has 2 aromatic rings. The highest BCUT2D eigenvalue weighted by molar-refractivity contribution is 5.88. The largest absolute Gasteiger partial charge is 0.477 e. The third-order valence-electron chi connectivity index (χ3n) is 6.36. The van der Waals surface area contributed by atoms with E-state index < -0.39 is 23.1 Å². The Balaban J connectivity index is 1.23. The maximum Gasteiger partial charge on any atom is 0.249 e. The second-order valence-electron chi connectivity index (χ2n) is 8.44. The summed E-state index contributed by atoms with van der Waals surface area (Å²) >= 11 is 0. The fourth-order valence-electron chi connectivity index (χ4n) is 5.03. The van der Waals surface area contributed by atoms with Gasteiger partial charge in [0, 0.05) is 35.9 Å². The van der Waals surface area contributed by atoms with Gasteiger partial charge < -0.3 is 4.74 Å². The molecule has 3 fully saturated rings. The highest BCUT2D eigenvalue weighted by Gasteiger charge is 2.73. The van der Waals surface area contributed by atoms with Gasteiger partial charge >= 0.3 is 0 Å². The van der Waals surface area contributed by atoms with Crippen LogP contribution in [0.15, 0.2) is 41.6 Å². The number of hydrogen-bond donors (Lipinski definition) is 0. The zero-order valence-corrected chi connectivity index (χ0v) is 16.0. The van der Waals surface area contributed by atoms with E-state index in [2.05, 4.69) is 10.1 Å². The summed E-state index contributed by atoms with van der Waals surface area (Å²) in [5, 5.41) is 14.3. The molecule has 0 saturated heterocycles. The van der Waals surface area contributed by atoms with Crippen LogP contribution in [0.2, 0.25) is 0 Å². The number of hydrogen-bond acceptors (Lipinski definition) is 5. The minimum absolute atomic E-state index is 0.0612. The summed E-state index contributed by atoms with van der Waals surface area (Å²) in [7, 11) is 0. The first-order valence-electron chi connectivity index (χ1n) is 9.74. The van der Waals surface area contributed by atoms with Gasteiger partial charge in [0.05, 0.1) is 23.6 Å². The number of nitriles is 1. The van der Waals surface area contributed by atoms with E-state index in [-0.39, 0.29) is 16.9 Å². The SMILES string of the molecule is N#Cc1ccc(OCC23CC(C(=O)N4N=CCC4c4cccc(F)c4F)(C2)C3)nc1. The summed E-state index contributed by atoms with van der Waals surface area (Å²) in [4.78, 5) is 17.3. The molecule has 8 heteroatoms. The molecule has 3 aliphatic carbocycles. The third-order valence-corrected chi connectivity index (χ3v) is 6.36. The van der Waals surface area contributed by atoms with Crippen molar-refractivity contribution in [3.63, 3.8) is 0 Å². The smallest absolute Gasteiger partial charge is 0.249 e. The van der Waals surface area contributed by atoms with Crippen LogP contribution in [-0.2, 0) is 4.79 Å². The summed E-state index contributed by atoms with van der Waals surface area (Å²) in [6.07, 6.45) is 5.44. The number of pyridine rings is 1. The molecule has 1 aromatic heterocycles. The van der Waals surface area contributed by atoms with Gasteiger partial charge in [-0.15, -0.1) is 0 Å². The predicted octanol–water partition coefficient (Wildman–Crippen LogP) is 3.74. The molecule has 2 heterocycles. The normalized spacial score (nSPS) is 28.4. The molecular formula is C22H18F2N4O2. The average Bonchev–Trinajstić information content (AvgIpc) is 3.18. The Morgan fingerprint density at radius 1 is 1.27 bits per heavy atom. The summed E-state index contributed by atoms with van der Waals surface area (Å²) in [6, 6.07) is 8.70. The molecule has 1 unspecified atom stereocenters. The van der Waals surface area contributed by atoms with E-state index in [1.54, 1.807) is 18.3 Å². The van der Waals surface area contributed by atoms with Crippen molar-refractivity contribution in [3.8, 4) is 11.9 Å². The highest BCUT2D eigenvalue weighted by atomic mass is 19.2. The van der Waals surface area contributed by atoms with Crippen molar-refractivity contribution in [1.29, 1.82) is 5.26 Å². The average molecular weight is 408 g/mol. The molecule has 0 spiro atoms. The van der Waals surface area contributed by atoms with E-state index in [0.717, 1.165) is 6.07 Å². The van der Waals surface area contributed by atoms with Crippen LogP contribution < -0.4 is 4.74 Å². The number of nitrogens with zero attached hydrogens (tertiary/aromatic N) is 4. The van der Waals surface area contributed by atoms with Gasteiger partial charge in [0.1, 0.15) is 6.07 Å². The molecule has 1 atom stereocenters. The Morgan fingerprint density at radius 2 is 2.07 bits per heavy atom. The van der Waals surface area contributed by atoms with E-state index >= 15 is 0 Å². The second kappa shape index (κ2) is 6.59. The Hall–Kier alpha value is -3.34. The van der Waals surface area contributed by atoms with Gasteiger partial charge in [-0.3, -0.25) is 4.79 Å². The van der Waals surface area contributed by atoms with Gasteiger partial charge in [-0.25, -0.2) is 18.8 Å². The van der Waals surface area contributed by atoms with Gasteiger partial charge in [-0.1, -0.05) is 12.1 Å². The van der Waals surface area contributed by atoms with E-state index in [1.165, 1.54) is 23.3 Å². The Kier molecular flexibility index (Phi) is 4.10. The van der Waals surface area contributed by atoms with Gasteiger partial charge in [-0.05, 0) is 31.4 Å². The lowest BCUT2D eigenvalue weighted by molar-refractivity contribution is -0.227. The standard InChI is InChI=1S/C22H18F2N4O2/c23-16-3-1-2-15(19(16)24)17-6-7-27-28(17)20(29)22-10-21(11-22,12-22)13-30-18-5-4-14(8-25)9-26-18/h1-5,7,9,17H,6,10-13H2. The molecule has 6 nitrogen and oxygen atoms in total. The number of hydrazone groups is 1. The minimum atomic E-state index is -0.928.